The van der Waals surface area contributed by atoms with E-state index in [0.29, 0.717) is 18.7 Å². The van der Waals surface area contributed by atoms with E-state index in [2.05, 4.69) is 14.9 Å². The van der Waals surface area contributed by atoms with E-state index in [1.54, 1.807) is 24.3 Å². The molecule has 6 atom stereocenters. The molecule has 0 aliphatic carbocycles. The fraction of sp³-hybridized carbons (Fsp3) is 0.295. The van der Waals surface area contributed by atoms with Crippen LogP contribution in [0.2, 0.25) is 0 Å². The summed E-state index contributed by atoms with van der Waals surface area (Å²) in [6, 6.07) is 38.9. The van der Waals surface area contributed by atoms with Crippen LogP contribution >= 0.6 is 0 Å². The van der Waals surface area contributed by atoms with Gasteiger partial charge in [-0.2, -0.15) is 4.72 Å². The van der Waals surface area contributed by atoms with Crippen molar-refractivity contribution < 1.29 is 32.9 Å². The van der Waals surface area contributed by atoms with Crippen LogP contribution in [0.3, 0.4) is 0 Å². The average Bonchev–Trinajstić information content (AvgIpc) is 3.21. The quantitative estimate of drug-likeness (QED) is 0.0935. The number of rotatable bonds is 15. The predicted molar refractivity (Wildman–Crippen MR) is 212 cm³/mol. The Hall–Kier alpha value is -4.72. The average molecular weight is 764 g/mol. The number of ether oxygens (including phenoxy) is 2. The lowest BCUT2D eigenvalue weighted by Crippen LogP contribution is -2.45. The van der Waals surface area contributed by atoms with Crippen molar-refractivity contribution in [3.63, 3.8) is 0 Å². The van der Waals surface area contributed by atoms with E-state index in [1.165, 1.54) is 12.1 Å². The molecule has 1 amide bonds. The number of carbonyl (C=O) groups excluding carboxylic acids is 1. The second-order valence-corrected chi connectivity index (χ2v) is 15.9. The second-order valence-electron chi connectivity index (χ2n) is 14.2. The summed E-state index contributed by atoms with van der Waals surface area (Å²) in [6.45, 7) is 4.35. The molecule has 11 heteroatoms. The molecule has 10 nitrogen and oxygen atoms in total. The molecule has 288 valence electrons. The molecule has 0 radical (unpaired) electrons. The largest absolute Gasteiger partial charge is 0.392 e. The summed E-state index contributed by atoms with van der Waals surface area (Å²) in [5.74, 6) is -0.501. The minimum atomic E-state index is -4.00. The van der Waals surface area contributed by atoms with Gasteiger partial charge in [0.05, 0.1) is 29.8 Å². The fourth-order valence-corrected chi connectivity index (χ4v) is 7.85. The van der Waals surface area contributed by atoms with E-state index >= 15 is 0 Å². The van der Waals surface area contributed by atoms with E-state index in [9.17, 15) is 23.4 Å². The lowest BCUT2D eigenvalue weighted by atomic mass is 9.98. The maximum atomic E-state index is 13.7. The van der Waals surface area contributed by atoms with Gasteiger partial charge in [-0.1, -0.05) is 115 Å². The minimum absolute atomic E-state index is 0.0545. The van der Waals surface area contributed by atoms with Crippen molar-refractivity contribution in [2.24, 2.45) is 0 Å². The predicted octanol–water partition coefficient (Wildman–Crippen LogP) is 6.61. The molecule has 6 rings (SSSR count). The van der Waals surface area contributed by atoms with Crippen LogP contribution in [0.4, 0.5) is 5.69 Å². The Labute approximate surface area is 323 Å². The second kappa shape index (κ2) is 18.3. The number of amides is 1. The van der Waals surface area contributed by atoms with Crippen molar-refractivity contribution in [3.8, 4) is 0 Å². The molecule has 1 heterocycles. The highest BCUT2D eigenvalue weighted by molar-refractivity contribution is 7.89. The molecule has 5 aromatic carbocycles. The first-order chi connectivity index (χ1) is 26.5. The van der Waals surface area contributed by atoms with Crippen molar-refractivity contribution in [3.05, 3.63) is 167 Å². The number of hydrogen-bond acceptors (Lipinski definition) is 8. The Morgan fingerprint density at radius 2 is 1.44 bits per heavy atom. The summed E-state index contributed by atoms with van der Waals surface area (Å²) in [5, 5.41) is 23.6. The number of aliphatic hydroxyl groups is 2. The molecule has 0 spiro atoms. The number of sulfonamides is 1. The molecule has 0 bridgehead atoms. The van der Waals surface area contributed by atoms with E-state index in [0.717, 1.165) is 33.4 Å². The molecule has 55 heavy (non-hydrogen) atoms. The van der Waals surface area contributed by atoms with Crippen molar-refractivity contribution >= 4 is 21.6 Å². The van der Waals surface area contributed by atoms with Gasteiger partial charge < -0.3 is 25.0 Å². The molecular formula is C44H49N3O7S. The monoisotopic (exact) mass is 763 g/mol. The highest BCUT2D eigenvalue weighted by Crippen LogP contribution is 2.39. The van der Waals surface area contributed by atoms with Gasteiger partial charge in [0.25, 0.3) is 0 Å². The Balaban J connectivity index is 1.18. The van der Waals surface area contributed by atoms with Crippen LogP contribution in [0.15, 0.2) is 138 Å². The zero-order valence-corrected chi connectivity index (χ0v) is 32.1. The van der Waals surface area contributed by atoms with Crippen molar-refractivity contribution in [2.75, 3.05) is 18.9 Å². The maximum Gasteiger partial charge on any atom is 0.242 e. The van der Waals surface area contributed by atoms with Gasteiger partial charge in [-0.25, -0.2) is 8.42 Å². The summed E-state index contributed by atoms with van der Waals surface area (Å²) in [6.07, 6.45) is -1.26. The van der Waals surface area contributed by atoms with Gasteiger partial charge in [0.15, 0.2) is 6.29 Å². The van der Waals surface area contributed by atoms with E-state index in [1.807, 2.05) is 118 Å². The zero-order valence-electron chi connectivity index (χ0n) is 31.3. The van der Waals surface area contributed by atoms with E-state index in [4.69, 9.17) is 9.47 Å². The number of hydrogen-bond donors (Lipinski definition) is 4. The fourth-order valence-electron chi connectivity index (χ4n) is 6.65. The van der Waals surface area contributed by atoms with Gasteiger partial charge in [-0.15, -0.1) is 0 Å². The van der Waals surface area contributed by atoms with Gasteiger partial charge in [-0.3, -0.25) is 9.69 Å². The number of anilines is 1. The molecule has 1 aliphatic heterocycles. The minimum Gasteiger partial charge on any atom is -0.392 e. The topological polar surface area (TPSA) is 137 Å². The third-order valence-corrected chi connectivity index (χ3v) is 11.6. The van der Waals surface area contributed by atoms with E-state index < -0.39 is 34.4 Å². The number of nitrogens with one attached hydrogen (secondary N) is 2. The lowest BCUT2D eigenvalue weighted by molar-refractivity contribution is -0.253. The number of aliphatic hydroxyl groups excluding tert-OH is 2. The third kappa shape index (κ3) is 10.5. The SMILES string of the molecule is Cc1ccc(S(=O)(=O)N[C@H](Cc2ccccc2)C(=O)Nc2ccc([C@H]3O[C@@H](CN(C)[C@@H](C)[C@H](O)c4ccccc4)C[C@@H](c4ccc(CO)cc4)O3)cc2)cc1. The van der Waals surface area contributed by atoms with Crippen LogP contribution < -0.4 is 10.0 Å². The Bertz CT molecular complexity index is 2080. The lowest BCUT2D eigenvalue weighted by Gasteiger charge is -2.39. The molecular weight excluding hydrogens is 715 g/mol. The van der Waals surface area contributed by atoms with Gasteiger partial charge in [0, 0.05) is 30.3 Å². The summed E-state index contributed by atoms with van der Waals surface area (Å²) >= 11 is 0. The molecule has 0 aromatic heterocycles. The molecule has 5 aromatic rings. The van der Waals surface area contributed by atoms with Crippen LogP contribution in [0.25, 0.3) is 0 Å². The number of aryl methyl sites for hydroxylation is 1. The van der Waals surface area contributed by atoms with Crippen molar-refractivity contribution in [1.82, 2.24) is 9.62 Å². The third-order valence-electron chi connectivity index (χ3n) is 10.1. The van der Waals surface area contributed by atoms with Crippen LogP contribution in [-0.2, 0) is 37.3 Å². The Morgan fingerprint density at radius 3 is 2.07 bits per heavy atom. The number of nitrogens with zero attached hydrogens (tertiary/aromatic N) is 1. The van der Waals surface area contributed by atoms with Gasteiger partial charge in [0.2, 0.25) is 15.9 Å². The van der Waals surface area contributed by atoms with E-state index in [-0.39, 0.29) is 36.2 Å². The van der Waals surface area contributed by atoms with Crippen LogP contribution in [0, 0.1) is 6.92 Å². The molecule has 1 saturated heterocycles. The summed E-state index contributed by atoms with van der Waals surface area (Å²) in [7, 11) is -2.03. The van der Waals surface area contributed by atoms with Crippen molar-refractivity contribution in [2.45, 2.75) is 74.9 Å². The number of benzene rings is 5. The highest BCUT2D eigenvalue weighted by Gasteiger charge is 2.34. The normalized spacial score (nSPS) is 19.1. The smallest absolute Gasteiger partial charge is 0.242 e. The molecule has 1 fully saturated rings. The van der Waals surface area contributed by atoms with Crippen molar-refractivity contribution in [1.29, 1.82) is 0 Å². The van der Waals surface area contributed by atoms with Gasteiger partial charge in [0.1, 0.15) is 6.04 Å². The number of carbonyl (C=O) groups is 1. The standard InChI is InChI=1S/C44H49N3O7S/c1-30-14-24-39(25-15-30)55(51,52)46-40(26-32-10-6-4-7-11-32)43(50)45-37-22-20-36(21-23-37)44-53-38(27-41(54-44)34-18-16-33(29-48)17-19-34)28-47(3)31(2)42(49)35-12-8-5-9-13-35/h4-25,31,38,40-42,44,46,48-49H,26-29H2,1-3H3,(H,45,50)/t31-,38+,40+,41-,42-,44-/m0/s1. The van der Waals surface area contributed by atoms with Gasteiger partial charge >= 0.3 is 0 Å². The first-order valence-electron chi connectivity index (χ1n) is 18.5. The van der Waals surface area contributed by atoms with Crippen LogP contribution in [0.1, 0.15) is 65.2 Å². The van der Waals surface area contributed by atoms with Crippen LogP contribution in [-0.4, -0.2) is 61.2 Å². The first kappa shape index (κ1) is 40.0. The van der Waals surface area contributed by atoms with Gasteiger partial charge in [-0.05, 0) is 73.8 Å². The first-order valence-corrected chi connectivity index (χ1v) is 19.9. The highest BCUT2D eigenvalue weighted by atomic mass is 32.2. The summed E-state index contributed by atoms with van der Waals surface area (Å²) in [5.41, 5.74) is 5.55. The Kier molecular flexibility index (Phi) is 13.3. The summed E-state index contributed by atoms with van der Waals surface area (Å²) in [4.78, 5) is 15.9. The number of likely N-dealkylation sites (N-methyl/N-ethyl adjacent to an activating group) is 1. The maximum absolute atomic E-state index is 13.7. The summed E-state index contributed by atoms with van der Waals surface area (Å²) < 4.78 is 42.4. The molecule has 1 aliphatic rings. The van der Waals surface area contributed by atoms with Crippen LogP contribution in [0.5, 0.6) is 0 Å². The molecule has 4 N–H and O–H groups in total. The molecule has 0 saturated carbocycles. The zero-order chi connectivity index (χ0) is 39.0. The Morgan fingerprint density at radius 1 is 0.818 bits per heavy atom. The molecule has 0 unspecified atom stereocenters.